The smallest absolute Gasteiger partial charge is 0.369 e. The third kappa shape index (κ3) is 5.87. The number of piperazine rings is 1. The van der Waals surface area contributed by atoms with E-state index in [1.807, 2.05) is 36.4 Å². The van der Waals surface area contributed by atoms with E-state index in [1.54, 1.807) is 19.3 Å². The van der Waals surface area contributed by atoms with E-state index >= 15 is 0 Å². The van der Waals surface area contributed by atoms with Gasteiger partial charge in [-0.1, -0.05) is 49.4 Å². The number of aryl methyl sites for hydroxylation is 1. The summed E-state index contributed by atoms with van der Waals surface area (Å²) in [4.78, 5) is 8.78. The van der Waals surface area contributed by atoms with Crippen LogP contribution in [0.25, 0.3) is 11.1 Å². The molecule has 0 aliphatic carbocycles. The maximum Gasteiger partial charge on any atom is 0.430 e. The molecule has 0 bridgehead atoms. The minimum Gasteiger partial charge on any atom is -0.369 e. The number of benzene rings is 2. The van der Waals surface area contributed by atoms with Crippen LogP contribution in [0.5, 0.6) is 0 Å². The molecule has 1 aliphatic heterocycles. The van der Waals surface area contributed by atoms with Crippen molar-refractivity contribution < 1.29 is 31.4 Å². The highest BCUT2D eigenvalue weighted by molar-refractivity contribution is 5.68. The van der Waals surface area contributed by atoms with Crippen LogP contribution in [0.3, 0.4) is 0 Å². The van der Waals surface area contributed by atoms with Gasteiger partial charge in [0.1, 0.15) is 0 Å². The van der Waals surface area contributed by atoms with Crippen LogP contribution in [0.2, 0.25) is 0 Å². The largest absolute Gasteiger partial charge is 0.430 e. The summed E-state index contributed by atoms with van der Waals surface area (Å²) < 4.78 is 79.9. The summed E-state index contributed by atoms with van der Waals surface area (Å²) in [5, 5.41) is 9.76. The van der Waals surface area contributed by atoms with Crippen LogP contribution in [0.1, 0.15) is 29.2 Å². The molecule has 0 radical (unpaired) electrons. The number of halogens is 6. The topological polar surface area (TPSA) is 39.6 Å². The molecule has 10 heteroatoms. The summed E-state index contributed by atoms with van der Waals surface area (Å²) in [6.07, 6.45) is -8.05. The van der Waals surface area contributed by atoms with E-state index in [0.717, 1.165) is 50.9 Å². The minimum atomic E-state index is -5.91. The first-order chi connectivity index (χ1) is 17.9. The zero-order valence-electron chi connectivity index (χ0n) is 20.9. The molecule has 1 fully saturated rings. The molecular weight excluding hydrogens is 508 g/mol. The van der Waals surface area contributed by atoms with Crippen LogP contribution in [-0.4, -0.2) is 58.4 Å². The number of pyridine rings is 1. The monoisotopic (exact) mass is 537 g/mol. The van der Waals surface area contributed by atoms with Gasteiger partial charge < -0.3 is 5.11 Å². The number of alkyl halides is 6. The fourth-order valence-corrected chi connectivity index (χ4v) is 4.78. The first-order valence-electron chi connectivity index (χ1n) is 12.3. The maximum absolute atomic E-state index is 13.3. The first kappa shape index (κ1) is 28.1. The summed E-state index contributed by atoms with van der Waals surface area (Å²) in [5.41, 5.74) is -2.39. The Kier molecular flexibility index (Phi) is 8.15. The quantitative estimate of drug-likeness (QED) is 0.379. The second-order valence-electron chi connectivity index (χ2n) is 9.54. The second kappa shape index (κ2) is 11.0. The molecule has 2 heterocycles. The van der Waals surface area contributed by atoms with E-state index in [0.29, 0.717) is 17.2 Å². The Morgan fingerprint density at radius 1 is 0.737 bits per heavy atom. The van der Waals surface area contributed by atoms with Crippen LogP contribution in [0.15, 0.2) is 67.0 Å². The van der Waals surface area contributed by atoms with Crippen LogP contribution in [0.4, 0.5) is 26.3 Å². The van der Waals surface area contributed by atoms with Crippen molar-refractivity contribution >= 4 is 0 Å². The molecular formula is C28H29F6N3O. The van der Waals surface area contributed by atoms with Crippen LogP contribution < -0.4 is 0 Å². The van der Waals surface area contributed by atoms with E-state index in [2.05, 4.69) is 14.8 Å². The molecule has 4 nitrogen and oxygen atoms in total. The standard InChI is InChI=1S/C28H29F6N3O/c1-2-22-17-24(26(38,27(29,30)31)28(32,33)34)7-8-25(22)23-5-3-20(4-6-23)18-36-13-15-37(16-14-36)19-21-9-11-35-12-10-21/h3-12,17,38H,2,13-16,18-19H2,1H3. The third-order valence-electron chi connectivity index (χ3n) is 7.02. The lowest BCUT2D eigenvalue weighted by Gasteiger charge is -2.34. The van der Waals surface area contributed by atoms with E-state index < -0.39 is 23.5 Å². The zero-order valence-corrected chi connectivity index (χ0v) is 20.9. The van der Waals surface area contributed by atoms with Crippen LogP contribution in [-0.2, 0) is 25.1 Å². The predicted molar refractivity (Wildman–Crippen MR) is 132 cm³/mol. The Morgan fingerprint density at radius 2 is 1.24 bits per heavy atom. The van der Waals surface area contributed by atoms with E-state index in [4.69, 9.17) is 0 Å². The molecule has 3 aromatic rings. The Bertz CT molecular complexity index is 1190. The number of rotatable bonds is 7. The van der Waals surface area contributed by atoms with Gasteiger partial charge in [0, 0.05) is 57.2 Å². The SMILES string of the molecule is CCc1cc(C(O)(C(F)(F)F)C(F)(F)F)ccc1-c1ccc(CN2CCN(Cc3ccncc3)CC2)cc1. The van der Waals surface area contributed by atoms with Gasteiger partial charge >= 0.3 is 12.4 Å². The van der Waals surface area contributed by atoms with Gasteiger partial charge in [0.2, 0.25) is 0 Å². The highest BCUT2D eigenvalue weighted by Gasteiger charge is 2.71. The van der Waals surface area contributed by atoms with Crippen molar-refractivity contribution in [1.82, 2.24) is 14.8 Å². The zero-order chi connectivity index (χ0) is 27.6. The molecule has 4 rings (SSSR count). The summed E-state index contributed by atoms with van der Waals surface area (Å²) in [6.45, 7) is 6.97. The minimum absolute atomic E-state index is 0.195. The Morgan fingerprint density at radius 3 is 1.71 bits per heavy atom. The Balaban J connectivity index is 1.44. The van der Waals surface area contributed by atoms with Crippen molar-refractivity contribution in [2.75, 3.05) is 26.2 Å². The van der Waals surface area contributed by atoms with Crippen molar-refractivity contribution in [1.29, 1.82) is 0 Å². The first-order valence-corrected chi connectivity index (χ1v) is 12.3. The lowest BCUT2D eigenvalue weighted by molar-refractivity contribution is -0.376. The third-order valence-corrected chi connectivity index (χ3v) is 7.02. The number of hydrogen-bond acceptors (Lipinski definition) is 4. The van der Waals surface area contributed by atoms with Crippen molar-refractivity contribution in [3.05, 3.63) is 89.2 Å². The van der Waals surface area contributed by atoms with Crippen LogP contribution >= 0.6 is 0 Å². The summed E-state index contributed by atoms with van der Waals surface area (Å²) >= 11 is 0. The van der Waals surface area contributed by atoms with E-state index in [9.17, 15) is 31.4 Å². The Labute approximate surface area is 217 Å². The Hall–Kier alpha value is -2.95. The number of nitrogens with zero attached hydrogens (tertiary/aromatic N) is 3. The van der Waals surface area contributed by atoms with Crippen LogP contribution in [0, 0.1) is 0 Å². The molecule has 0 spiro atoms. The van der Waals surface area contributed by atoms with E-state index in [1.165, 1.54) is 11.6 Å². The van der Waals surface area contributed by atoms with Crippen molar-refractivity contribution in [3.8, 4) is 11.1 Å². The molecule has 1 aromatic heterocycles. The molecule has 0 unspecified atom stereocenters. The molecule has 1 saturated heterocycles. The predicted octanol–water partition coefficient (Wildman–Crippen LogP) is 5.94. The molecule has 0 saturated carbocycles. The highest BCUT2D eigenvalue weighted by Crippen LogP contribution is 2.50. The molecule has 1 aliphatic rings. The van der Waals surface area contributed by atoms with Gasteiger partial charge in [0.05, 0.1) is 0 Å². The fraction of sp³-hybridized carbons (Fsp3) is 0.393. The van der Waals surface area contributed by atoms with E-state index in [-0.39, 0.29) is 12.0 Å². The average molecular weight is 538 g/mol. The molecule has 0 atom stereocenters. The molecule has 2 aromatic carbocycles. The average Bonchev–Trinajstić information content (AvgIpc) is 2.89. The van der Waals surface area contributed by atoms with Crippen molar-refractivity contribution in [2.24, 2.45) is 0 Å². The number of hydrogen-bond donors (Lipinski definition) is 1. The lowest BCUT2D eigenvalue weighted by Crippen LogP contribution is -2.53. The van der Waals surface area contributed by atoms with Gasteiger partial charge in [-0.3, -0.25) is 14.8 Å². The van der Waals surface area contributed by atoms with Gasteiger partial charge in [-0.15, -0.1) is 0 Å². The second-order valence-corrected chi connectivity index (χ2v) is 9.54. The van der Waals surface area contributed by atoms with Gasteiger partial charge in [-0.2, -0.15) is 26.3 Å². The van der Waals surface area contributed by atoms with Gasteiger partial charge in [0.15, 0.2) is 0 Å². The number of aromatic nitrogens is 1. The van der Waals surface area contributed by atoms with Crippen molar-refractivity contribution in [2.45, 2.75) is 44.4 Å². The molecule has 0 amide bonds. The summed E-state index contributed by atoms with van der Waals surface area (Å²) in [6, 6.07) is 14.2. The van der Waals surface area contributed by atoms with Gasteiger partial charge in [0.25, 0.3) is 5.60 Å². The fourth-order valence-electron chi connectivity index (χ4n) is 4.78. The molecule has 38 heavy (non-hydrogen) atoms. The summed E-state index contributed by atoms with van der Waals surface area (Å²) in [7, 11) is 0. The van der Waals surface area contributed by atoms with Crippen molar-refractivity contribution in [3.63, 3.8) is 0 Å². The lowest BCUT2D eigenvalue weighted by atomic mass is 9.87. The molecule has 204 valence electrons. The maximum atomic E-state index is 13.3. The molecule has 1 N–H and O–H groups in total. The van der Waals surface area contributed by atoms with Gasteiger partial charge in [-0.25, -0.2) is 0 Å². The summed E-state index contributed by atoms with van der Waals surface area (Å²) in [5.74, 6) is 0. The normalized spacial score (nSPS) is 16.1. The highest BCUT2D eigenvalue weighted by atomic mass is 19.4. The number of aliphatic hydroxyl groups is 1. The van der Waals surface area contributed by atoms with Gasteiger partial charge in [-0.05, 0) is 46.4 Å².